The highest BCUT2D eigenvalue weighted by Crippen LogP contribution is 2.38. The lowest BCUT2D eigenvalue weighted by Crippen LogP contribution is -1.96. The Morgan fingerprint density at radius 2 is 1.55 bits per heavy atom. The predicted molar refractivity (Wildman–Crippen MR) is 85.2 cm³/mol. The van der Waals surface area contributed by atoms with Crippen molar-refractivity contribution < 1.29 is 4.79 Å². The second-order valence-electron chi connectivity index (χ2n) is 5.15. The quantitative estimate of drug-likeness (QED) is 0.335. The lowest BCUT2D eigenvalue weighted by Gasteiger charge is -2.13. The van der Waals surface area contributed by atoms with E-state index in [1.807, 2.05) is 12.1 Å². The molecule has 2 heteroatoms. The van der Waals surface area contributed by atoms with Gasteiger partial charge in [0, 0.05) is 5.56 Å². The summed E-state index contributed by atoms with van der Waals surface area (Å²) in [6.07, 6.45) is 0. The molecule has 1 nitrogen and oxygen atoms in total. The van der Waals surface area contributed by atoms with E-state index in [1.165, 1.54) is 16.2 Å². The Morgan fingerprint density at radius 1 is 0.900 bits per heavy atom. The number of carbonyl (C=O) groups is 1. The van der Waals surface area contributed by atoms with Crippen LogP contribution in [0.1, 0.15) is 17.3 Å². The molecule has 4 rings (SSSR count). The largest absolute Gasteiger partial charge is 0.294 e. The first-order valence-corrected chi connectivity index (χ1v) is 6.91. The number of rotatable bonds is 1. The zero-order valence-electron chi connectivity index (χ0n) is 10.9. The third kappa shape index (κ3) is 1.41. The van der Waals surface area contributed by atoms with Crippen LogP contribution in [-0.2, 0) is 0 Å². The molecule has 0 unspecified atom stereocenters. The molecule has 0 saturated heterocycles. The fourth-order valence-electron chi connectivity index (χ4n) is 3.13. The number of Topliss-reactive ketones (excluding diaryl/α,β-unsaturated/α-hetero) is 1. The van der Waals surface area contributed by atoms with Gasteiger partial charge in [-0.3, -0.25) is 4.79 Å². The molecule has 0 aliphatic rings. The highest BCUT2D eigenvalue weighted by molar-refractivity contribution is 6.38. The highest BCUT2D eigenvalue weighted by Gasteiger charge is 2.15. The van der Waals surface area contributed by atoms with Gasteiger partial charge in [0.25, 0.3) is 0 Å². The monoisotopic (exact) mass is 278 g/mol. The predicted octanol–water partition coefficient (Wildman–Crippen LogP) is 5.44. The van der Waals surface area contributed by atoms with Gasteiger partial charge in [-0.1, -0.05) is 54.1 Å². The molecule has 0 heterocycles. The number of hydrogen-bond donors (Lipinski definition) is 0. The van der Waals surface area contributed by atoms with Crippen LogP contribution in [0.15, 0.2) is 48.5 Å². The Balaban J connectivity index is 2.39. The van der Waals surface area contributed by atoms with E-state index in [2.05, 4.69) is 36.4 Å². The standard InChI is InChI=1S/C18H11ClO/c1-10(20)16-14-8-7-12-4-2-3-11-5-6-13(9-15(16)19)18(14)17(11)12/h2-9H,1H3. The maximum atomic E-state index is 11.9. The van der Waals surface area contributed by atoms with E-state index in [-0.39, 0.29) is 5.78 Å². The van der Waals surface area contributed by atoms with E-state index in [1.54, 1.807) is 6.92 Å². The molecule has 0 amide bonds. The molecule has 0 aliphatic carbocycles. The molecular formula is C18H11ClO. The third-order valence-corrected chi connectivity index (χ3v) is 4.25. The van der Waals surface area contributed by atoms with Gasteiger partial charge in [0.05, 0.1) is 5.02 Å². The van der Waals surface area contributed by atoms with E-state index >= 15 is 0 Å². The van der Waals surface area contributed by atoms with Crippen LogP contribution >= 0.6 is 11.6 Å². The Bertz CT molecular complexity index is 969. The molecule has 4 aromatic carbocycles. The van der Waals surface area contributed by atoms with Crippen molar-refractivity contribution in [2.75, 3.05) is 0 Å². The van der Waals surface area contributed by atoms with Crippen LogP contribution in [0.2, 0.25) is 5.02 Å². The van der Waals surface area contributed by atoms with Gasteiger partial charge in [0.1, 0.15) is 0 Å². The number of benzene rings is 4. The second kappa shape index (κ2) is 3.94. The molecule has 0 spiro atoms. The topological polar surface area (TPSA) is 17.1 Å². The summed E-state index contributed by atoms with van der Waals surface area (Å²) in [4.78, 5) is 11.9. The number of carbonyl (C=O) groups excluding carboxylic acids is 1. The van der Waals surface area contributed by atoms with E-state index < -0.39 is 0 Å². The smallest absolute Gasteiger partial charge is 0.161 e. The minimum atomic E-state index is 0.00735. The molecule has 0 radical (unpaired) electrons. The van der Waals surface area contributed by atoms with E-state index in [0.29, 0.717) is 10.6 Å². The summed E-state index contributed by atoms with van der Waals surface area (Å²) in [5.41, 5.74) is 0.623. The van der Waals surface area contributed by atoms with Crippen molar-refractivity contribution in [2.45, 2.75) is 6.92 Å². The first kappa shape index (κ1) is 11.7. The lowest BCUT2D eigenvalue weighted by atomic mass is 9.91. The fourth-order valence-corrected chi connectivity index (χ4v) is 3.49. The van der Waals surface area contributed by atoms with Crippen molar-refractivity contribution in [3.05, 3.63) is 59.1 Å². The summed E-state index contributed by atoms with van der Waals surface area (Å²) in [5.74, 6) is 0.00735. The zero-order chi connectivity index (χ0) is 13.9. The Labute approximate surface area is 121 Å². The molecule has 0 atom stereocenters. The first-order chi connectivity index (χ1) is 9.66. The minimum absolute atomic E-state index is 0.00735. The zero-order valence-corrected chi connectivity index (χ0v) is 11.7. The van der Waals surface area contributed by atoms with Crippen molar-refractivity contribution >= 4 is 49.7 Å². The molecule has 0 aliphatic heterocycles. The van der Waals surface area contributed by atoms with E-state index in [0.717, 1.165) is 16.2 Å². The van der Waals surface area contributed by atoms with Crippen molar-refractivity contribution in [3.63, 3.8) is 0 Å². The summed E-state index contributed by atoms with van der Waals surface area (Å²) in [6, 6.07) is 16.4. The van der Waals surface area contributed by atoms with E-state index in [9.17, 15) is 4.79 Å². The summed E-state index contributed by atoms with van der Waals surface area (Å²) in [7, 11) is 0. The molecule has 0 bridgehead atoms. The fraction of sp³-hybridized carbons (Fsp3) is 0.0556. The molecule has 0 fully saturated rings. The molecule has 20 heavy (non-hydrogen) atoms. The highest BCUT2D eigenvalue weighted by atomic mass is 35.5. The van der Waals surface area contributed by atoms with Gasteiger partial charge in [-0.2, -0.15) is 0 Å². The van der Waals surface area contributed by atoms with Crippen molar-refractivity contribution in [3.8, 4) is 0 Å². The Kier molecular flexibility index (Phi) is 2.30. The molecule has 96 valence electrons. The average molecular weight is 279 g/mol. The van der Waals surface area contributed by atoms with Gasteiger partial charge >= 0.3 is 0 Å². The third-order valence-electron chi connectivity index (χ3n) is 3.95. The second-order valence-corrected chi connectivity index (χ2v) is 5.55. The summed E-state index contributed by atoms with van der Waals surface area (Å²) >= 11 is 6.30. The van der Waals surface area contributed by atoms with Gasteiger partial charge in [-0.25, -0.2) is 0 Å². The Morgan fingerprint density at radius 3 is 2.25 bits per heavy atom. The molecular weight excluding hydrogens is 268 g/mol. The van der Waals surface area contributed by atoms with Gasteiger partial charge in [-0.15, -0.1) is 0 Å². The SMILES string of the molecule is CC(=O)c1c(Cl)cc2ccc3cccc4ccc1c2c34. The van der Waals surface area contributed by atoms with Crippen LogP contribution in [0.3, 0.4) is 0 Å². The number of halogens is 1. The normalized spacial score (nSPS) is 11.7. The van der Waals surface area contributed by atoms with Crippen LogP contribution in [0, 0.1) is 0 Å². The maximum absolute atomic E-state index is 11.9. The number of hydrogen-bond acceptors (Lipinski definition) is 1. The van der Waals surface area contributed by atoms with Crippen LogP contribution in [0.25, 0.3) is 32.3 Å². The van der Waals surface area contributed by atoms with Crippen molar-refractivity contribution in [1.82, 2.24) is 0 Å². The number of ketones is 1. The molecule has 4 aromatic rings. The average Bonchev–Trinajstić information content (AvgIpc) is 2.43. The van der Waals surface area contributed by atoms with Gasteiger partial charge < -0.3 is 0 Å². The van der Waals surface area contributed by atoms with Crippen LogP contribution in [0.5, 0.6) is 0 Å². The molecule has 0 saturated carbocycles. The van der Waals surface area contributed by atoms with Gasteiger partial charge in [-0.05, 0) is 45.3 Å². The van der Waals surface area contributed by atoms with Crippen LogP contribution < -0.4 is 0 Å². The molecule has 0 N–H and O–H groups in total. The van der Waals surface area contributed by atoms with Crippen LogP contribution in [0.4, 0.5) is 0 Å². The van der Waals surface area contributed by atoms with Gasteiger partial charge in [0.15, 0.2) is 5.78 Å². The lowest BCUT2D eigenvalue weighted by molar-refractivity contribution is 0.101. The first-order valence-electron chi connectivity index (χ1n) is 6.54. The molecule has 0 aromatic heterocycles. The van der Waals surface area contributed by atoms with Crippen molar-refractivity contribution in [1.29, 1.82) is 0 Å². The van der Waals surface area contributed by atoms with Gasteiger partial charge in [0.2, 0.25) is 0 Å². The summed E-state index contributed by atoms with van der Waals surface area (Å²) in [5, 5.41) is 7.29. The summed E-state index contributed by atoms with van der Waals surface area (Å²) in [6.45, 7) is 1.57. The maximum Gasteiger partial charge on any atom is 0.161 e. The van der Waals surface area contributed by atoms with Crippen molar-refractivity contribution in [2.24, 2.45) is 0 Å². The van der Waals surface area contributed by atoms with Crippen LogP contribution in [-0.4, -0.2) is 5.78 Å². The Hall–Kier alpha value is -2.12. The summed E-state index contributed by atoms with van der Waals surface area (Å²) < 4.78 is 0. The minimum Gasteiger partial charge on any atom is -0.294 e. The van der Waals surface area contributed by atoms with E-state index in [4.69, 9.17) is 11.6 Å².